The Hall–Kier alpha value is -2.18. The van der Waals surface area contributed by atoms with Gasteiger partial charge >= 0.3 is 0 Å². The Morgan fingerprint density at radius 1 is 1.25 bits per heavy atom. The number of likely N-dealkylation sites (tertiary alicyclic amines) is 1. The van der Waals surface area contributed by atoms with Gasteiger partial charge in [-0.1, -0.05) is 12.1 Å². The molecule has 2 fully saturated rings. The number of aromatic nitrogens is 2. The lowest BCUT2D eigenvalue weighted by atomic mass is 10.2. The van der Waals surface area contributed by atoms with Crippen LogP contribution in [0.2, 0.25) is 0 Å². The molecule has 0 saturated carbocycles. The highest BCUT2D eigenvalue weighted by atomic mass is 16.5. The van der Waals surface area contributed by atoms with Gasteiger partial charge in [0, 0.05) is 44.8 Å². The van der Waals surface area contributed by atoms with E-state index in [1.165, 1.54) is 5.56 Å². The lowest BCUT2D eigenvalue weighted by Crippen LogP contribution is -2.42. The zero-order chi connectivity index (χ0) is 16.5. The number of hydrogen-bond acceptors (Lipinski definition) is 4. The first-order chi connectivity index (χ1) is 11.7. The fraction of sp³-hybridized carbons (Fsp3) is 0.444. The van der Waals surface area contributed by atoms with E-state index >= 15 is 0 Å². The van der Waals surface area contributed by atoms with Gasteiger partial charge in [-0.15, -0.1) is 0 Å². The molecule has 24 heavy (non-hydrogen) atoms. The fourth-order valence-corrected chi connectivity index (χ4v) is 3.60. The number of carbonyl (C=O) groups excluding carboxylic acids is 1. The van der Waals surface area contributed by atoms with Crippen LogP contribution in [0.5, 0.6) is 0 Å². The Bertz CT molecular complexity index is 698. The van der Waals surface area contributed by atoms with Crippen LogP contribution in [0, 0.1) is 0 Å². The Morgan fingerprint density at radius 3 is 2.83 bits per heavy atom. The predicted molar refractivity (Wildman–Crippen MR) is 89.8 cm³/mol. The minimum atomic E-state index is 0.131. The van der Waals surface area contributed by atoms with E-state index < -0.39 is 0 Å². The van der Waals surface area contributed by atoms with Crippen molar-refractivity contribution in [3.8, 4) is 5.69 Å². The zero-order valence-corrected chi connectivity index (χ0v) is 13.8. The molecule has 2 aromatic rings. The molecule has 126 valence electrons. The largest absolute Gasteiger partial charge is 0.374 e. The van der Waals surface area contributed by atoms with Gasteiger partial charge in [0.25, 0.3) is 0 Å². The summed E-state index contributed by atoms with van der Waals surface area (Å²) in [6.45, 7) is 3.17. The van der Waals surface area contributed by atoms with E-state index in [0.29, 0.717) is 13.0 Å². The van der Waals surface area contributed by atoms with E-state index in [-0.39, 0.29) is 18.1 Å². The topological polar surface area (TPSA) is 50.6 Å². The minimum Gasteiger partial charge on any atom is -0.374 e. The van der Waals surface area contributed by atoms with Crippen molar-refractivity contribution >= 4 is 5.91 Å². The molecule has 2 aliphatic rings. The molecule has 1 amide bonds. The summed E-state index contributed by atoms with van der Waals surface area (Å²) in [6.07, 6.45) is 6.15. The summed E-state index contributed by atoms with van der Waals surface area (Å²) in [5, 5.41) is 0. The number of hydrogen-bond donors (Lipinski definition) is 0. The van der Waals surface area contributed by atoms with Gasteiger partial charge in [-0.25, -0.2) is 4.98 Å². The maximum atomic E-state index is 12.0. The van der Waals surface area contributed by atoms with Gasteiger partial charge in [0.1, 0.15) is 0 Å². The summed E-state index contributed by atoms with van der Waals surface area (Å²) >= 11 is 0. The van der Waals surface area contributed by atoms with Gasteiger partial charge in [0.2, 0.25) is 5.91 Å². The van der Waals surface area contributed by atoms with E-state index in [4.69, 9.17) is 4.74 Å². The highest BCUT2D eigenvalue weighted by Crippen LogP contribution is 2.23. The van der Waals surface area contributed by atoms with Crippen molar-refractivity contribution in [2.45, 2.75) is 25.1 Å². The summed E-state index contributed by atoms with van der Waals surface area (Å²) in [4.78, 5) is 20.3. The van der Waals surface area contributed by atoms with Gasteiger partial charge in [0.05, 0.1) is 31.5 Å². The normalized spacial score (nSPS) is 24.9. The van der Waals surface area contributed by atoms with E-state index in [0.717, 1.165) is 25.3 Å². The van der Waals surface area contributed by atoms with Crippen LogP contribution < -0.4 is 0 Å². The van der Waals surface area contributed by atoms with Crippen molar-refractivity contribution in [1.29, 1.82) is 0 Å². The first-order valence-electron chi connectivity index (χ1n) is 8.37. The first-order valence-corrected chi connectivity index (χ1v) is 8.37. The smallest absolute Gasteiger partial charge is 0.225 e. The van der Waals surface area contributed by atoms with Crippen molar-refractivity contribution < 1.29 is 9.53 Å². The number of benzene rings is 1. The molecule has 6 heteroatoms. The third-order valence-electron chi connectivity index (χ3n) is 5.00. The molecular formula is C18H22N4O2. The standard InChI is InChI=1S/C18H22N4O2/c1-20-16-11-21(12-17(16)24-9-6-18(20)23)10-14-2-4-15(5-3-14)22-8-7-19-13-22/h2-5,7-8,13,16-17H,6,9-12H2,1H3/t16-,17-/m0/s1. The highest BCUT2D eigenvalue weighted by molar-refractivity contribution is 5.76. The molecule has 4 rings (SSSR count). The van der Waals surface area contributed by atoms with Crippen LogP contribution in [0.1, 0.15) is 12.0 Å². The Kier molecular flexibility index (Phi) is 4.08. The maximum Gasteiger partial charge on any atom is 0.225 e. The van der Waals surface area contributed by atoms with Crippen molar-refractivity contribution in [1.82, 2.24) is 19.4 Å². The first kappa shape index (κ1) is 15.4. The van der Waals surface area contributed by atoms with Crippen LogP contribution in [0.15, 0.2) is 43.0 Å². The van der Waals surface area contributed by atoms with Crippen LogP contribution in [-0.4, -0.2) is 64.1 Å². The number of ether oxygens (including phenoxy) is 1. The molecule has 0 spiro atoms. The molecule has 0 unspecified atom stereocenters. The van der Waals surface area contributed by atoms with Crippen molar-refractivity contribution in [2.75, 3.05) is 26.7 Å². The second-order valence-corrected chi connectivity index (χ2v) is 6.56. The summed E-state index contributed by atoms with van der Waals surface area (Å²) in [6, 6.07) is 8.69. The van der Waals surface area contributed by atoms with E-state index in [1.807, 2.05) is 22.7 Å². The monoisotopic (exact) mass is 326 g/mol. The Balaban J connectivity index is 1.42. The molecule has 2 aliphatic heterocycles. The quantitative estimate of drug-likeness (QED) is 0.853. The van der Waals surface area contributed by atoms with Gasteiger partial charge in [-0.2, -0.15) is 0 Å². The highest BCUT2D eigenvalue weighted by Gasteiger charge is 2.39. The van der Waals surface area contributed by atoms with Crippen molar-refractivity contribution in [3.63, 3.8) is 0 Å². The molecule has 2 atom stereocenters. The lowest BCUT2D eigenvalue weighted by Gasteiger charge is -2.25. The van der Waals surface area contributed by atoms with Crippen LogP contribution in [-0.2, 0) is 16.1 Å². The number of nitrogens with zero attached hydrogens (tertiary/aromatic N) is 4. The number of imidazole rings is 1. The second kappa shape index (κ2) is 6.37. The SMILES string of the molecule is CN1C(=O)CCO[C@H]2CN(Cc3ccc(-n4ccnc4)cc3)C[C@@H]21. The summed E-state index contributed by atoms with van der Waals surface area (Å²) in [7, 11) is 1.90. The minimum absolute atomic E-state index is 0.131. The molecule has 0 aliphatic carbocycles. The molecule has 6 nitrogen and oxygen atoms in total. The van der Waals surface area contributed by atoms with Gasteiger partial charge in [-0.05, 0) is 17.7 Å². The summed E-state index contributed by atoms with van der Waals surface area (Å²) < 4.78 is 7.88. The molecule has 0 N–H and O–H groups in total. The number of amides is 1. The van der Waals surface area contributed by atoms with E-state index in [2.05, 4.69) is 34.1 Å². The Labute approximate surface area is 141 Å². The number of rotatable bonds is 3. The van der Waals surface area contributed by atoms with Crippen molar-refractivity contribution in [3.05, 3.63) is 48.5 Å². The molecule has 1 aromatic heterocycles. The predicted octanol–water partition coefficient (Wildman–Crippen LogP) is 1.30. The number of carbonyl (C=O) groups is 1. The van der Waals surface area contributed by atoms with Crippen LogP contribution in [0.4, 0.5) is 0 Å². The molecule has 0 radical (unpaired) electrons. The lowest BCUT2D eigenvalue weighted by molar-refractivity contribution is -0.131. The third-order valence-corrected chi connectivity index (χ3v) is 5.00. The average molecular weight is 326 g/mol. The van der Waals surface area contributed by atoms with E-state index in [9.17, 15) is 4.79 Å². The zero-order valence-electron chi connectivity index (χ0n) is 13.8. The average Bonchev–Trinajstić information content (AvgIpc) is 3.22. The summed E-state index contributed by atoms with van der Waals surface area (Å²) in [5.41, 5.74) is 2.38. The van der Waals surface area contributed by atoms with Gasteiger partial charge < -0.3 is 14.2 Å². The van der Waals surface area contributed by atoms with Crippen LogP contribution in [0.25, 0.3) is 5.69 Å². The molecule has 2 saturated heterocycles. The molecule has 0 bridgehead atoms. The third kappa shape index (κ3) is 2.95. The van der Waals surface area contributed by atoms with Crippen molar-refractivity contribution in [2.24, 2.45) is 0 Å². The number of fused-ring (bicyclic) bond motifs is 1. The van der Waals surface area contributed by atoms with E-state index in [1.54, 1.807) is 12.5 Å². The van der Waals surface area contributed by atoms with Crippen LogP contribution >= 0.6 is 0 Å². The van der Waals surface area contributed by atoms with Crippen LogP contribution in [0.3, 0.4) is 0 Å². The fourth-order valence-electron chi connectivity index (χ4n) is 3.60. The maximum absolute atomic E-state index is 12.0. The molecule has 1 aromatic carbocycles. The molecular weight excluding hydrogens is 304 g/mol. The summed E-state index contributed by atoms with van der Waals surface area (Å²) in [5.74, 6) is 0.189. The molecule has 3 heterocycles. The second-order valence-electron chi connectivity index (χ2n) is 6.56. The Morgan fingerprint density at radius 2 is 2.08 bits per heavy atom. The van der Waals surface area contributed by atoms with Gasteiger partial charge in [-0.3, -0.25) is 9.69 Å². The van der Waals surface area contributed by atoms with Gasteiger partial charge in [0.15, 0.2) is 0 Å². The number of likely N-dealkylation sites (N-methyl/N-ethyl adjacent to an activating group) is 1.